The van der Waals surface area contributed by atoms with Crippen LogP contribution in [-0.2, 0) is 26.8 Å². The predicted molar refractivity (Wildman–Crippen MR) is 165 cm³/mol. The number of hydrogen-bond acceptors (Lipinski definition) is 6. The molecule has 2 aromatic rings. The number of aliphatic hydroxyl groups excluding tert-OH is 2. The SMILES string of the molecule is CN1CC/C=C\[C@H](O)[C@@H]2CC[C@H]2CN2C[C@@]3(CCCc4cc(Cl)ccc43)COc3ccc(cc32)[C@](CO)(C(=O)O)CC1=O. The van der Waals surface area contributed by atoms with Crippen LogP contribution in [0.2, 0.25) is 5.02 Å². The molecule has 2 bridgehead atoms. The van der Waals surface area contributed by atoms with Gasteiger partial charge in [0.25, 0.3) is 0 Å². The number of anilines is 1. The van der Waals surface area contributed by atoms with Gasteiger partial charge >= 0.3 is 5.97 Å². The van der Waals surface area contributed by atoms with E-state index in [0.29, 0.717) is 44.0 Å². The van der Waals surface area contributed by atoms with Crippen LogP contribution in [0.25, 0.3) is 0 Å². The van der Waals surface area contributed by atoms with Gasteiger partial charge in [-0.15, -0.1) is 0 Å². The van der Waals surface area contributed by atoms with Crippen molar-refractivity contribution >= 4 is 29.2 Å². The second-order valence-electron chi connectivity index (χ2n) is 13.0. The summed E-state index contributed by atoms with van der Waals surface area (Å²) in [4.78, 5) is 29.9. The number of aliphatic hydroxyl groups is 2. The van der Waals surface area contributed by atoms with Gasteiger partial charge in [0.1, 0.15) is 11.2 Å². The van der Waals surface area contributed by atoms with Gasteiger partial charge in [-0.05, 0) is 91.3 Å². The fraction of sp³-hybridized carbons (Fsp3) is 0.529. The first-order chi connectivity index (χ1) is 20.7. The third-order valence-electron chi connectivity index (χ3n) is 10.5. The first-order valence-corrected chi connectivity index (χ1v) is 15.8. The normalized spacial score (nSPS) is 31.7. The first kappa shape index (κ1) is 30.0. The van der Waals surface area contributed by atoms with E-state index < -0.39 is 24.1 Å². The van der Waals surface area contributed by atoms with E-state index in [9.17, 15) is 24.9 Å². The number of carboxylic acid groups (broad SMARTS) is 1. The van der Waals surface area contributed by atoms with Crippen molar-refractivity contribution in [1.29, 1.82) is 0 Å². The van der Waals surface area contributed by atoms with Crippen molar-refractivity contribution in [3.05, 3.63) is 70.3 Å². The quantitative estimate of drug-likeness (QED) is 0.436. The number of benzene rings is 2. The molecule has 6 rings (SSSR count). The highest BCUT2D eigenvalue weighted by atomic mass is 35.5. The van der Waals surface area contributed by atoms with E-state index in [1.54, 1.807) is 19.2 Å². The van der Waals surface area contributed by atoms with E-state index in [2.05, 4.69) is 17.0 Å². The standard InChI is InChI=1S/C34H41ClN2O6/c1-36-14-3-2-6-29(39)26-10-7-23(26)18-37-19-33(13-4-5-22-15-25(35)9-11-27(22)33)21-43-30-12-8-24(16-28(30)37)34(20-38,32(41)42)17-31(36)40/h2,6,8-9,11-12,15-16,23,26,29,38-39H,3-5,7,10,13-14,17-21H2,1H3,(H,41,42)/b6-2-/t23-,26+,29-,33-,34-/m0/s1. The average Bonchev–Trinajstić information content (AvgIpc) is 3.12. The number of aliphatic carboxylic acids is 1. The molecule has 0 radical (unpaired) electrons. The van der Waals surface area contributed by atoms with Gasteiger partial charge in [0.15, 0.2) is 0 Å². The van der Waals surface area contributed by atoms with Crippen molar-refractivity contribution in [2.75, 3.05) is 44.8 Å². The number of amides is 1. The van der Waals surface area contributed by atoms with Crippen molar-refractivity contribution in [2.45, 2.75) is 61.9 Å². The zero-order chi connectivity index (χ0) is 30.4. The zero-order valence-electron chi connectivity index (χ0n) is 24.7. The largest absolute Gasteiger partial charge is 0.490 e. The molecule has 5 atom stereocenters. The maximum absolute atomic E-state index is 13.3. The van der Waals surface area contributed by atoms with E-state index in [1.165, 1.54) is 16.0 Å². The summed E-state index contributed by atoms with van der Waals surface area (Å²) < 4.78 is 6.58. The number of carbonyl (C=O) groups excluding carboxylic acids is 1. The summed E-state index contributed by atoms with van der Waals surface area (Å²) in [5.41, 5.74) is 1.51. The lowest BCUT2D eigenvalue weighted by molar-refractivity contribution is -0.149. The Morgan fingerprint density at radius 3 is 2.77 bits per heavy atom. The van der Waals surface area contributed by atoms with Gasteiger partial charge in [-0.3, -0.25) is 9.59 Å². The third kappa shape index (κ3) is 5.42. The van der Waals surface area contributed by atoms with Crippen molar-refractivity contribution in [1.82, 2.24) is 4.90 Å². The van der Waals surface area contributed by atoms with Crippen molar-refractivity contribution < 1.29 is 29.6 Å². The van der Waals surface area contributed by atoms with Gasteiger partial charge in [-0.25, -0.2) is 0 Å². The van der Waals surface area contributed by atoms with Gasteiger partial charge in [0.05, 0.1) is 25.0 Å². The van der Waals surface area contributed by atoms with Crippen LogP contribution in [0.1, 0.15) is 55.2 Å². The van der Waals surface area contributed by atoms with Gasteiger partial charge in [0, 0.05) is 43.5 Å². The number of fused-ring (bicyclic) bond motifs is 4. The minimum Gasteiger partial charge on any atom is -0.490 e. The lowest BCUT2D eigenvalue weighted by atomic mass is 9.68. The van der Waals surface area contributed by atoms with Gasteiger partial charge in [-0.1, -0.05) is 35.9 Å². The predicted octanol–water partition coefficient (Wildman–Crippen LogP) is 4.32. The van der Waals surface area contributed by atoms with Crippen LogP contribution in [0.4, 0.5) is 5.69 Å². The zero-order valence-corrected chi connectivity index (χ0v) is 25.4. The fourth-order valence-electron chi connectivity index (χ4n) is 7.65. The Balaban J connectivity index is 1.47. The monoisotopic (exact) mass is 608 g/mol. The summed E-state index contributed by atoms with van der Waals surface area (Å²) in [6.07, 6.45) is 8.19. The third-order valence-corrected chi connectivity index (χ3v) is 10.7. The van der Waals surface area contributed by atoms with Crippen LogP contribution in [0.3, 0.4) is 0 Å². The maximum Gasteiger partial charge on any atom is 0.317 e. The van der Waals surface area contributed by atoms with Gasteiger partial charge < -0.3 is 29.9 Å². The second-order valence-corrected chi connectivity index (χ2v) is 13.5. The van der Waals surface area contributed by atoms with E-state index >= 15 is 0 Å². The number of hydrogen-bond donors (Lipinski definition) is 3. The Bertz CT molecular complexity index is 1430. The van der Waals surface area contributed by atoms with Crippen LogP contribution in [-0.4, -0.2) is 78.1 Å². The minimum absolute atomic E-state index is 0.114. The number of aryl methyl sites for hydroxylation is 1. The second kappa shape index (κ2) is 11.8. The summed E-state index contributed by atoms with van der Waals surface area (Å²) in [5.74, 6) is -0.589. The summed E-state index contributed by atoms with van der Waals surface area (Å²) in [7, 11) is 1.64. The highest BCUT2D eigenvalue weighted by Gasteiger charge is 2.46. The topological polar surface area (TPSA) is 111 Å². The summed E-state index contributed by atoms with van der Waals surface area (Å²) >= 11 is 6.40. The molecular weight excluding hydrogens is 568 g/mol. The highest BCUT2D eigenvalue weighted by Crippen LogP contribution is 2.47. The molecule has 8 nitrogen and oxygen atoms in total. The summed E-state index contributed by atoms with van der Waals surface area (Å²) in [5, 5.41) is 32.9. The molecule has 0 aromatic heterocycles. The number of carboxylic acids is 1. The molecule has 1 fully saturated rings. The van der Waals surface area contributed by atoms with E-state index in [-0.39, 0.29) is 29.6 Å². The lowest BCUT2D eigenvalue weighted by Crippen LogP contribution is -2.49. The molecule has 0 unspecified atom stereocenters. The van der Waals surface area contributed by atoms with E-state index in [4.69, 9.17) is 16.3 Å². The number of halogens is 1. The molecule has 2 aliphatic heterocycles. The minimum atomic E-state index is -1.80. The summed E-state index contributed by atoms with van der Waals surface area (Å²) in [6, 6.07) is 11.4. The molecule has 1 amide bonds. The number of ether oxygens (including phenoxy) is 1. The fourth-order valence-corrected chi connectivity index (χ4v) is 7.84. The number of nitrogens with zero attached hydrogens (tertiary/aromatic N) is 2. The lowest BCUT2D eigenvalue weighted by Gasteiger charge is -2.45. The highest BCUT2D eigenvalue weighted by molar-refractivity contribution is 6.30. The van der Waals surface area contributed by atoms with Crippen LogP contribution in [0.15, 0.2) is 48.6 Å². The molecule has 2 aliphatic carbocycles. The van der Waals surface area contributed by atoms with Crippen molar-refractivity contribution in [3.63, 3.8) is 0 Å². The first-order valence-electron chi connectivity index (χ1n) is 15.4. The van der Waals surface area contributed by atoms with Crippen LogP contribution in [0, 0.1) is 11.8 Å². The Hall–Kier alpha value is -3.07. The molecule has 9 heteroatoms. The Kier molecular flexibility index (Phi) is 8.22. The van der Waals surface area contributed by atoms with Crippen LogP contribution >= 0.6 is 11.6 Å². The molecule has 1 spiro atoms. The van der Waals surface area contributed by atoms with E-state index in [1.807, 2.05) is 24.3 Å². The van der Waals surface area contributed by atoms with Gasteiger partial charge in [0.2, 0.25) is 5.91 Å². The van der Waals surface area contributed by atoms with E-state index in [0.717, 1.165) is 42.8 Å². The van der Waals surface area contributed by atoms with Crippen molar-refractivity contribution in [2.24, 2.45) is 11.8 Å². The molecule has 43 heavy (non-hydrogen) atoms. The Morgan fingerprint density at radius 1 is 1.19 bits per heavy atom. The molecule has 230 valence electrons. The summed E-state index contributed by atoms with van der Waals surface area (Å²) in [6.45, 7) is 1.49. The molecule has 0 saturated heterocycles. The maximum atomic E-state index is 13.3. The molecule has 4 aliphatic rings. The molecule has 1 saturated carbocycles. The molecule has 2 aromatic carbocycles. The molecular formula is C34H41ClN2O6. The Morgan fingerprint density at radius 2 is 2.02 bits per heavy atom. The van der Waals surface area contributed by atoms with Crippen LogP contribution in [0.5, 0.6) is 5.75 Å². The van der Waals surface area contributed by atoms with Gasteiger partial charge in [-0.2, -0.15) is 0 Å². The average molecular weight is 609 g/mol. The number of rotatable bonds is 2. The Labute approximate surface area is 257 Å². The molecule has 2 heterocycles. The number of carbonyl (C=O) groups is 2. The molecule has 3 N–H and O–H groups in total. The van der Waals surface area contributed by atoms with Crippen LogP contribution < -0.4 is 9.64 Å². The van der Waals surface area contributed by atoms with Crippen molar-refractivity contribution in [3.8, 4) is 5.75 Å². The smallest absolute Gasteiger partial charge is 0.317 e.